The minimum Gasteiger partial charge on any atom is -0.351 e. The number of rotatable bonds is 7. The number of benzene rings is 1. The molecule has 1 amide bonds. The lowest BCUT2D eigenvalue weighted by molar-refractivity contribution is 0.0954. The summed E-state index contributed by atoms with van der Waals surface area (Å²) in [5, 5.41) is 3.53. The van der Waals surface area contributed by atoms with Crippen molar-refractivity contribution in [3.05, 3.63) is 63.0 Å². The molecule has 0 radical (unpaired) electrons. The fraction of sp³-hybridized carbons (Fsp3) is 0.435. The van der Waals surface area contributed by atoms with Gasteiger partial charge in [0.25, 0.3) is 11.5 Å². The molecule has 0 spiro atoms. The molecule has 0 unspecified atom stereocenters. The molecule has 1 aromatic carbocycles. The van der Waals surface area contributed by atoms with E-state index in [2.05, 4.69) is 50.5 Å². The minimum absolute atomic E-state index is 0.114. The van der Waals surface area contributed by atoms with Crippen LogP contribution >= 0.6 is 11.3 Å². The Morgan fingerprint density at radius 3 is 2.77 bits per heavy atom. The van der Waals surface area contributed by atoms with E-state index in [4.69, 9.17) is 0 Å². The molecule has 1 saturated heterocycles. The molecule has 3 aromatic rings. The van der Waals surface area contributed by atoms with Crippen LogP contribution in [0, 0.1) is 12.8 Å². The van der Waals surface area contributed by atoms with Crippen LogP contribution in [0.2, 0.25) is 0 Å². The van der Waals surface area contributed by atoms with Gasteiger partial charge in [-0.2, -0.15) is 0 Å². The van der Waals surface area contributed by atoms with Gasteiger partial charge in [-0.1, -0.05) is 30.3 Å². The van der Waals surface area contributed by atoms with Gasteiger partial charge in [-0.25, -0.2) is 4.98 Å². The Kier molecular flexibility index (Phi) is 6.59. The highest BCUT2D eigenvalue weighted by molar-refractivity contribution is 7.20. The van der Waals surface area contributed by atoms with Gasteiger partial charge >= 0.3 is 0 Å². The second-order valence-corrected chi connectivity index (χ2v) is 9.05. The van der Waals surface area contributed by atoms with E-state index in [1.807, 2.05) is 6.92 Å². The van der Waals surface area contributed by atoms with Crippen LogP contribution < -0.4 is 10.9 Å². The first-order chi connectivity index (χ1) is 14.6. The van der Waals surface area contributed by atoms with E-state index < -0.39 is 0 Å². The van der Waals surface area contributed by atoms with Gasteiger partial charge in [0.2, 0.25) is 0 Å². The first-order valence-corrected chi connectivity index (χ1v) is 11.4. The Morgan fingerprint density at radius 1 is 1.27 bits per heavy atom. The van der Waals surface area contributed by atoms with E-state index in [1.165, 1.54) is 42.5 Å². The average Bonchev–Trinajstić information content (AvgIpc) is 3.11. The molecular formula is C23H28N4O2S. The first kappa shape index (κ1) is 20.8. The van der Waals surface area contributed by atoms with Crippen molar-refractivity contribution in [3.63, 3.8) is 0 Å². The highest BCUT2D eigenvalue weighted by Crippen LogP contribution is 2.26. The number of aromatic nitrogens is 2. The van der Waals surface area contributed by atoms with Crippen molar-refractivity contribution in [2.24, 2.45) is 5.92 Å². The van der Waals surface area contributed by atoms with Gasteiger partial charge in [-0.3, -0.25) is 9.59 Å². The Balaban J connectivity index is 1.20. The predicted molar refractivity (Wildman–Crippen MR) is 121 cm³/mol. The maximum Gasteiger partial charge on any atom is 0.261 e. The summed E-state index contributed by atoms with van der Waals surface area (Å²) in [6.45, 7) is 5.72. The van der Waals surface area contributed by atoms with Gasteiger partial charge in [-0.05, 0) is 69.3 Å². The number of carbonyl (C=O) groups excluding carboxylic acids is 1. The van der Waals surface area contributed by atoms with Gasteiger partial charge in [0, 0.05) is 6.54 Å². The van der Waals surface area contributed by atoms with E-state index in [0.29, 0.717) is 27.2 Å². The molecule has 0 saturated carbocycles. The topological polar surface area (TPSA) is 78.1 Å². The fourth-order valence-electron chi connectivity index (χ4n) is 4.24. The standard InChI is InChI=1S/C23H28N4O2S/c1-16-19-21(28)25-15-26-23(19)30-20(16)22(29)24-10-5-11-27-12-8-18(9-13-27)14-17-6-3-2-4-7-17/h2-4,6-7,15,18H,5,8-14H2,1H3,(H,24,29)(H,25,26,28). The Labute approximate surface area is 180 Å². The lowest BCUT2D eigenvalue weighted by Crippen LogP contribution is -2.36. The summed E-state index contributed by atoms with van der Waals surface area (Å²) in [5.41, 5.74) is 1.96. The van der Waals surface area contributed by atoms with Crippen LogP contribution in [0.4, 0.5) is 0 Å². The summed E-state index contributed by atoms with van der Waals surface area (Å²) >= 11 is 1.28. The molecule has 1 aliphatic heterocycles. The zero-order chi connectivity index (χ0) is 20.9. The SMILES string of the molecule is Cc1c(C(=O)NCCCN2CCC(Cc3ccccc3)CC2)sc2nc[nH]c(=O)c12. The third-order valence-corrected chi connectivity index (χ3v) is 7.15. The highest BCUT2D eigenvalue weighted by atomic mass is 32.1. The highest BCUT2D eigenvalue weighted by Gasteiger charge is 2.20. The molecule has 2 N–H and O–H groups in total. The van der Waals surface area contributed by atoms with Gasteiger partial charge in [0.1, 0.15) is 4.83 Å². The molecule has 1 aliphatic rings. The number of nitrogens with zero attached hydrogens (tertiary/aromatic N) is 2. The number of amides is 1. The monoisotopic (exact) mass is 424 g/mol. The predicted octanol–water partition coefficient (Wildman–Crippen LogP) is 3.37. The molecule has 4 rings (SSSR count). The molecule has 0 atom stereocenters. The van der Waals surface area contributed by atoms with Crippen molar-refractivity contribution >= 4 is 27.5 Å². The molecule has 0 aliphatic carbocycles. The van der Waals surface area contributed by atoms with Crippen molar-refractivity contribution < 1.29 is 4.79 Å². The van der Waals surface area contributed by atoms with Crippen LogP contribution in [-0.2, 0) is 6.42 Å². The van der Waals surface area contributed by atoms with Crippen LogP contribution in [0.1, 0.15) is 40.1 Å². The van der Waals surface area contributed by atoms with Crippen molar-refractivity contribution in [2.45, 2.75) is 32.6 Å². The van der Waals surface area contributed by atoms with Crippen LogP contribution in [-0.4, -0.2) is 47.0 Å². The number of fused-ring (bicyclic) bond motifs is 1. The van der Waals surface area contributed by atoms with Crippen LogP contribution in [0.5, 0.6) is 0 Å². The quantitative estimate of drug-likeness (QED) is 0.570. The van der Waals surface area contributed by atoms with E-state index in [1.54, 1.807) is 0 Å². The van der Waals surface area contributed by atoms with E-state index >= 15 is 0 Å². The minimum atomic E-state index is -0.191. The molecule has 2 aromatic heterocycles. The summed E-state index contributed by atoms with van der Waals surface area (Å²) in [6.07, 6.45) is 5.97. The molecule has 1 fully saturated rings. The molecular weight excluding hydrogens is 396 g/mol. The Morgan fingerprint density at radius 2 is 2.03 bits per heavy atom. The lowest BCUT2D eigenvalue weighted by Gasteiger charge is -2.32. The molecule has 7 heteroatoms. The van der Waals surface area contributed by atoms with E-state index in [-0.39, 0.29) is 11.5 Å². The van der Waals surface area contributed by atoms with Crippen molar-refractivity contribution in [3.8, 4) is 0 Å². The number of piperidine rings is 1. The summed E-state index contributed by atoms with van der Waals surface area (Å²) in [7, 11) is 0. The van der Waals surface area contributed by atoms with Crippen molar-refractivity contribution in [2.75, 3.05) is 26.2 Å². The average molecular weight is 425 g/mol. The number of H-pyrrole nitrogens is 1. The molecule has 0 bridgehead atoms. The maximum atomic E-state index is 12.6. The van der Waals surface area contributed by atoms with E-state index in [0.717, 1.165) is 32.0 Å². The number of aromatic amines is 1. The third-order valence-electron chi connectivity index (χ3n) is 5.95. The smallest absolute Gasteiger partial charge is 0.261 e. The third kappa shape index (κ3) is 4.79. The number of aryl methyl sites for hydroxylation is 1. The number of likely N-dealkylation sites (tertiary alicyclic amines) is 1. The first-order valence-electron chi connectivity index (χ1n) is 10.6. The Hall–Kier alpha value is -2.51. The van der Waals surface area contributed by atoms with Crippen LogP contribution in [0.3, 0.4) is 0 Å². The molecule has 30 heavy (non-hydrogen) atoms. The van der Waals surface area contributed by atoms with Crippen molar-refractivity contribution in [1.82, 2.24) is 20.2 Å². The van der Waals surface area contributed by atoms with Gasteiger partial charge in [0.15, 0.2) is 0 Å². The second-order valence-electron chi connectivity index (χ2n) is 8.05. The number of hydrogen-bond acceptors (Lipinski definition) is 5. The second kappa shape index (κ2) is 9.53. The fourth-order valence-corrected chi connectivity index (χ4v) is 5.31. The molecule has 3 heterocycles. The van der Waals surface area contributed by atoms with Crippen molar-refractivity contribution in [1.29, 1.82) is 0 Å². The van der Waals surface area contributed by atoms with Crippen LogP contribution in [0.25, 0.3) is 10.2 Å². The summed E-state index contributed by atoms with van der Waals surface area (Å²) in [6, 6.07) is 10.8. The van der Waals surface area contributed by atoms with E-state index in [9.17, 15) is 9.59 Å². The van der Waals surface area contributed by atoms with Gasteiger partial charge < -0.3 is 15.2 Å². The number of nitrogens with one attached hydrogen (secondary N) is 2. The number of thiophene rings is 1. The summed E-state index contributed by atoms with van der Waals surface area (Å²) in [4.78, 5) is 35.0. The largest absolute Gasteiger partial charge is 0.351 e. The molecule has 158 valence electrons. The maximum absolute atomic E-state index is 12.6. The van der Waals surface area contributed by atoms with Gasteiger partial charge in [-0.15, -0.1) is 11.3 Å². The normalized spacial score (nSPS) is 15.5. The lowest BCUT2D eigenvalue weighted by atomic mass is 9.90. The zero-order valence-corrected chi connectivity index (χ0v) is 18.1. The van der Waals surface area contributed by atoms with Crippen LogP contribution in [0.15, 0.2) is 41.5 Å². The summed E-state index contributed by atoms with van der Waals surface area (Å²) < 4.78 is 0. The number of hydrogen-bond donors (Lipinski definition) is 2. The van der Waals surface area contributed by atoms with Gasteiger partial charge in [0.05, 0.1) is 16.6 Å². The molecule has 6 nitrogen and oxygen atoms in total. The number of carbonyl (C=O) groups is 1. The Bertz CT molecular complexity index is 1050. The summed E-state index contributed by atoms with van der Waals surface area (Å²) in [5.74, 6) is 0.660. The zero-order valence-electron chi connectivity index (χ0n) is 17.3.